The molecular formula is C73H55N7Ru. The number of aromatic nitrogens is 4. The van der Waals surface area contributed by atoms with E-state index in [0.29, 0.717) is 11.4 Å². The predicted octanol–water partition coefficient (Wildman–Crippen LogP) is 18.0. The van der Waals surface area contributed by atoms with Gasteiger partial charge in [-0.25, -0.2) is 15.0 Å². The number of para-hydroxylation sites is 1. The van der Waals surface area contributed by atoms with Crippen LogP contribution in [0.5, 0.6) is 0 Å². The summed E-state index contributed by atoms with van der Waals surface area (Å²) in [6, 6.07) is 75.2. The van der Waals surface area contributed by atoms with E-state index in [9.17, 15) is 10.8 Å². The van der Waals surface area contributed by atoms with E-state index in [-0.39, 0.29) is 19.5 Å². The van der Waals surface area contributed by atoms with Gasteiger partial charge >= 0.3 is 19.5 Å². The Morgan fingerprint density at radius 1 is 0.370 bits per heavy atom. The summed E-state index contributed by atoms with van der Waals surface area (Å²) in [7, 11) is 0. The molecule has 0 radical (unpaired) electrons. The van der Waals surface area contributed by atoms with Gasteiger partial charge in [-0.1, -0.05) is 236 Å². The number of hydrogen-bond acceptors (Lipinski definition) is 3. The number of hydrogen-bond donors (Lipinski definition) is 0. The SMILES string of the molecule is C1=Cc2nc1c(-c1ccccc1)c1ccc([n-]1)c(-c1ccccc1)c1nc(c(-c3ccccc3)c3ccc([n-]3)c2-c2ccccc2)C=C1.CC1=CC(=Nc2c(C)cccc2C)C=C(C)C1=[N-].[N-]=C(c1ccccc1)c1ccccc1.[Ru+4]. The second-order valence-corrected chi connectivity index (χ2v) is 19.7. The summed E-state index contributed by atoms with van der Waals surface area (Å²) in [5, 5.41) is 19.7. The van der Waals surface area contributed by atoms with E-state index in [1.807, 2.05) is 117 Å². The van der Waals surface area contributed by atoms with Crippen molar-refractivity contribution >= 4 is 69.2 Å². The monoisotopic (exact) mass is 1130 g/mol. The molecule has 5 heterocycles. The molecule has 7 aromatic carbocycles. The molecule has 10 aromatic rings. The van der Waals surface area contributed by atoms with Crippen LogP contribution in [0.1, 0.15) is 58.9 Å². The summed E-state index contributed by atoms with van der Waals surface area (Å²) >= 11 is 0. The Morgan fingerprint density at radius 2 is 0.654 bits per heavy atom. The summed E-state index contributed by atoms with van der Waals surface area (Å²) in [4.78, 5) is 25.9. The Morgan fingerprint density at radius 3 is 0.951 bits per heavy atom. The van der Waals surface area contributed by atoms with E-state index in [2.05, 4.69) is 172 Å². The molecule has 0 unspecified atom stereocenters. The van der Waals surface area contributed by atoms with Crippen LogP contribution in [0.25, 0.3) is 102 Å². The Kier molecular flexibility index (Phi) is 16.8. The van der Waals surface area contributed by atoms with Crippen molar-refractivity contribution in [1.82, 2.24) is 19.9 Å². The molecule has 3 aliphatic rings. The summed E-state index contributed by atoms with van der Waals surface area (Å²) in [5.74, 6) is 0. The zero-order valence-corrected chi connectivity index (χ0v) is 47.0. The van der Waals surface area contributed by atoms with Gasteiger partial charge in [-0.15, -0.1) is 27.8 Å². The molecule has 390 valence electrons. The van der Waals surface area contributed by atoms with E-state index in [4.69, 9.17) is 24.9 Å². The maximum absolute atomic E-state index is 9.91. The van der Waals surface area contributed by atoms with Crippen LogP contribution in [0.15, 0.2) is 253 Å². The van der Waals surface area contributed by atoms with Gasteiger partial charge in [-0.2, -0.15) is 5.71 Å². The first-order valence-electron chi connectivity index (χ1n) is 26.7. The second kappa shape index (κ2) is 24.9. The van der Waals surface area contributed by atoms with Crippen LogP contribution >= 0.6 is 0 Å². The molecule has 2 aliphatic heterocycles. The van der Waals surface area contributed by atoms with Crippen molar-refractivity contribution in [2.45, 2.75) is 27.7 Å². The Bertz CT molecular complexity index is 3830. The Labute approximate surface area is 486 Å². The smallest absolute Gasteiger partial charge is 0.804 e. The number of aryl methyl sites for hydroxylation is 2. The zero-order chi connectivity index (χ0) is 55.0. The van der Waals surface area contributed by atoms with Crippen molar-refractivity contribution in [3.05, 3.63) is 304 Å². The molecule has 81 heavy (non-hydrogen) atoms. The first kappa shape index (κ1) is 54.6. The van der Waals surface area contributed by atoms with Gasteiger partial charge in [0, 0.05) is 0 Å². The van der Waals surface area contributed by atoms with E-state index in [1.54, 1.807) is 0 Å². The topological polar surface area (TPSA) is 111 Å². The fourth-order valence-corrected chi connectivity index (χ4v) is 10.2. The minimum absolute atomic E-state index is 0. The average molecular weight is 1130 g/mol. The molecule has 0 saturated carbocycles. The van der Waals surface area contributed by atoms with E-state index >= 15 is 0 Å². The maximum atomic E-state index is 9.91. The van der Waals surface area contributed by atoms with Crippen molar-refractivity contribution in [2.24, 2.45) is 4.99 Å². The maximum Gasteiger partial charge on any atom is 4.00 e. The summed E-state index contributed by atoms with van der Waals surface area (Å²) in [5.41, 5.74) is 23.4. The van der Waals surface area contributed by atoms with Crippen molar-refractivity contribution in [3.8, 4) is 44.5 Å². The van der Waals surface area contributed by atoms with Crippen molar-refractivity contribution in [3.63, 3.8) is 0 Å². The van der Waals surface area contributed by atoms with Crippen LogP contribution in [0.3, 0.4) is 0 Å². The second-order valence-electron chi connectivity index (χ2n) is 19.7. The molecule has 7 nitrogen and oxygen atoms in total. The van der Waals surface area contributed by atoms with E-state index in [0.717, 1.165) is 123 Å². The number of benzene rings is 7. The molecule has 13 rings (SSSR count). The van der Waals surface area contributed by atoms with Crippen molar-refractivity contribution in [1.29, 1.82) is 0 Å². The van der Waals surface area contributed by atoms with Gasteiger partial charge < -0.3 is 20.8 Å². The third-order valence-corrected chi connectivity index (χ3v) is 14.1. The molecular weight excluding hydrogens is 1080 g/mol. The van der Waals surface area contributed by atoms with Gasteiger partial charge in [0.25, 0.3) is 0 Å². The normalized spacial score (nSPS) is 12.2. The fraction of sp³-hybridized carbons (Fsp3) is 0.0548. The molecule has 0 amide bonds. The quantitative estimate of drug-likeness (QED) is 0.0899. The Hall–Kier alpha value is -9.75. The van der Waals surface area contributed by atoms with Gasteiger partial charge in [-0.3, -0.25) is 0 Å². The summed E-state index contributed by atoms with van der Waals surface area (Å²) in [6.45, 7) is 7.91. The van der Waals surface area contributed by atoms with Gasteiger partial charge in [0.1, 0.15) is 0 Å². The number of fused-ring (bicyclic) bond motifs is 8. The van der Waals surface area contributed by atoms with Crippen LogP contribution in [0, 0.1) is 13.8 Å². The largest absolute Gasteiger partial charge is 4.00 e. The van der Waals surface area contributed by atoms with Crippen LogP contribution in [-0.2, 0) is 19.5 Å². The van der Waals surface area contributed by atoms with Crippen LogP contribution in [0.2, 0.25) is 0 Å². The molecule has 8 heteroatoms. The predicted molar refractivity (Wildman–Crippen MR) is 337 cm³/mol. The van der Waals surface area contributed by atoms with Crippen molar-refractivity contribution in [2.75, 3.05) is 0 Å². The van der Waals surface area contributed by atoms with Crippen molar-refractivity contribution < 1.29 is 19.5 Å². The molecule has 0 N–H and O–H groups in total. The molecule has 0 saturated heterocycles. The van der Waals surface area contributed by atoms with Crippen LogP contribution < -0.4 is 9.97 Å². The fourth-order valence-electron chi connectivity index (χ4n) is 10.2. The van der Waals surface area contributed by atoms with Gasteiger partial charge in [0.2, 0.25) is 0 Å². The third kappa shape index (κ3) is 12.1. The third-order valence-electron chi connectivity index (χ3n) is 14.1. The number of nitrogens with zero attached hydrogens (tertiary/aromatic N) is 7. The first-order valence-corrected chi connectivity index (χ1v) is 26.7. The average Bonchev–Trinajstić information content (AvgIpc) is 4.48. The number of rotatable bonds is 7. The Balaban J connectivity index is 0.000000182. The standard InChI is InChI=1S/C44H28N4.C16H17N2.C13H10N.Ru/c1-5-13-29(14-6-1)41-33-21-23-35(45-33)42(30-15-7-2-8-16-30)37-25-27-39(47-37)44(32-19-11-4-12-20-32)40-28-26-38(48-40)43(31-17-9-3-10-18-31)36-24-22-34(41)46-36;1-10-6-5-7-11(2)16(10)18-14-8-12(3)15(17)13(4)9-14;14-13(11-7-3-1-4-8-11)12-9-5-2-6-10-12;/h1-28H;5-9H,1-4H3;1-10H;/q-2;2*-1;+4. The van der Waals surface area contributed by atoms with Gasteiger partial charge in [-0.05, 0) is 131 Å². The first-order chi connectivity index (χ1) is 39.2. The minimum Gasteiger partial charge on any atom is -0.804 e. The van der Waals surface area contributed by atoms with E-state index in [1.165, 1.54) is 11.1 Å². The molecule has 1 aliphatic carbocycles. The summed E-state index contributed by atoms with van der Waals surface area (Å²) in [6.07, 6.45) is 12.2. The minimum atomic E-state index is 0. The van der Waals surface area contributed by atoms with Crippen LogP contribution in [-0.4, -0.2) is 27.1 Å². The van der Waals surface area contributed by atoms with E-state index < -0.39 is 0 Å². The molecule has 3 aromatic heterocycles. The molecule has 0 atom stereocenters. The zero-order valence-electron chi connectivity index (χ0n) is 45.3. The van der Waals surface area contributed by atoms with Crippen LogP contribution in [0.4, 0.5) is 5.69 Å². The number of aliphatic imine (C=N–C) groups is 1. The molecule has 0 spiro atoms. The van der Waals surface area contributed by atoms with Gasteiger partial charge in [0.15, 0.2) is 0 Å². The molecule has 8 bridgehead atoms. The summed E-state index contributed by atoms with van der Waals surface area (Å²) < 4.78 is 0. The van der Waals surface area contributed by atoms with Gasteiger partial charge in [0.05, 0.1) is 34.2 Å². The number of allylic oxidation sites excluding steroid dienone is 4. The molecule has 0 fully saturated rings.